The summed E-state index contributed by atoms with van der Waals surface area (Å²) in [6.45, 7) is 10.2. The molecule has 1 heterocycles. The maximum atomic E-state index is 12.3. The van der Waals surface area contributed by atoms with Crippen molar-refractivity contribution in [2.45, 2.75) is 46.6 Å². The van der Waals surface area contributed by atoms with Crippen molar-refractivity contribution in [3.8, 4) is 0 Å². The van der Waals surface area contributed by atoms with Gasteiger partial charge in [-0.05, 0) is 25.3 Å². The lowest BCUT2D eigenvalue weighted by atomic mass is 9.81. The predicted octanol–water partition coefficient (Wildman–Crippen LogP) is 1.88. The van der Waals surface area contributed by atoms with Crippen molar-refractivity contribution < 1.29 is 4.79 Å². The van der Waals surface area contributed by atoms with Crippen LogP contribution in [0.15, 0.2) is 0 Å². The van der Waals surface area contributed by atoms with Gasteiger partial charge in [-0.15, -0.1) is 0 Å². The second-order valence-electron chi connectivity index (χ2n) is 6.00. The highest BCUT2D eigenvalue weighted by molar-refractivity contribution is 5.79. The summed E-state index contributed by atoms with van der Waals surface area (Å²) < 4.78 is 0. The van der Waals surface area contributed by atoms with Crippen LogP contribution in [-0.4, -0.2) is 37.0 Å². The van der Waals surface area contributed by atoms with Gasteiger partial charge in [0.05, 0.1) is 0 Å². The van der Waals surface area contributed by atoms with E-state index in [2.05, 4.69) is 26.1 Å². The third-order valence-electron chi connectivity index (χ3n) is 3.81. The number of nitrogens with zero attached hydrogens (tertiary/aromatic N) is 1. The summed E-state index contributed by atoms with van der Waals surface area (Å²) in [4.78, 5) is 14.3. The molecule has 1 saturated heterocycles. The average molecular weight is 226 g/mol. The van der Waals surface area contributed by atoms with Crippen LogP contribution in [0.25, 0.3) is 0 Å². The summed E-state index contributed by atoms with van der Waals surface area (Å²) in [6, 6.07) is 0.477. The molecule has 16 heavy (non-hydrogen) atoms. The molecule has 0 radical (unpaired) electrons. The topological polar surface area (TPSA) is 32.3 Å². The van der Waals surface area contributed by atoms with Crippen molar-refractivity contribution in [3.05, 3.63) is 0 Å². The van der Waals surface area contributed by atoms with Crippen LogP contribution < -0.4 is 5.32 Å². The van der Waals surface area contributed by atoms with Gasteiger partial charge in [0.2, 0.25) is 5.91 Å². The molecular formula is C13H26N2O. The maximum absolute atomic E-state index is 12.3. The SMILES string of the molecule is CNC1CCCN(C(=O)C(C)C(C)(C)C)C1. The van der Waals surface area contributed by atoms with Gasteiger partial charge >= 0.3 is 0 Å². The molecule has 0 aromatic carbocycles. The van der Waals surface area contributed by atoms with E-state index in [1.165, 1.54) is 6.42 Å². The Labute approximate surface area is 99.6 Å². The van der Waals surface area contributed by atoms with Gasteiger partial charge in [-0.25, -0.2) is 0 Å². The smallest absolute Gasteiger partial charge is 0.225 e. The fraction of sp³-hybridized carbons (Fsp3) is 0.923. The number of piperidine rings is 1. The number of carbonyl (C=O) groups excluding carboxylic acids is 1. The molecule has 1 amide bonds. The van der Waals surface area contributed by atoms with E-state index in [-0.39, 0.29) is 11.3 Å². The molecule has 1 aliphatic heterocycles. The highest BCUT2D eigenvalue weighted by Gasteiger charge is 2.32. The van der Waals surface area contributed by atoms with Crippen molar-refractivity contribution in [2.75, 3.05) is 20.1 Å². The lowest BCUT2D eigenvalue weighted by Crippen LogP contribution is -2.50. The normalized spacial score (nSPS) is 24.3. The van der Waals surface area contributed by atoms with E-state index in [4.69, 9.17) is 0 Å². The Morgan fingerprint density at radius 1 is 1.44 bits per heavy atom. The first-order valence-electron chi connectivity index (χ1n) is 6.32. The molecule has 1 rings (SSSR count). The molecule has 0 bridgehead atoms. The lowest BCUT2D eigenvalue weighted by molar-refractivity contribution is -0.139. The van der Waals surface area contributed by atoms with E-state index in [0.717, 1.165) is 19.5 Å². The average Bonchev–Trinajstić information content (AvgIpc) is 2.26. The van der Waals surface area contributed by atoms with Gasteiger partial charge in [0.1, 0.15) is 0 Å². The molecule has 1 N–H and O–H groups in total. The Morgan fingerprint density at radius 2 is 2.06 bits per heavy atom. The zero-order valence-electron chi connectivity index (χ0n) is 11.3. The van der Waals surface area contributed by atoms with Gasteiger partial charge in [-0.2, -0.15) is 0 Å². The van der Waals surface area contributed by atoms with Crippen LogP contribution in [0.2, 0.25) is 0 Å². The van der Waals surface area contributed by atoms with Crippen LogP contribution in [0.5, 0.6) is 0 Å². The standard InChI is InChI=1S/C13H26N2O/c1-10(13(2,3)4)12(16)15-8-6-7-11(9-15)14-5/h10-11,14H,6-9H2,1-5H3. The molecule has 0 aromatic heterocycles. The number of amides is 1. The number of nitrogens with one attached hydrogen (secondary N) is 1. The van der Waals surface area contributed by atoms with Gasteiger partial charge < -0.3 is 10.2 Å². The minimum Gasteiger partial charge on any atom is -0.341 e. The quantitative estimate of drug-likeness (QED) is 0.779. The number of likely N-dealkylation sites (tertiary alicyclic amines) is 1. The van der Waals surface area contributed by atoms with Crippen molar-refractivity contribution >= 4 is 5.91 Å². The third kappa shape index (κ3) is 3.21. The zero-order valence-corrected chi connectivity index (χ0v) is 11.3. The van der Waals surface area contributed by atoms with Gasteiger partial charge in [0.25, 0.3) is 0 Å². The lowest BCUT2D eigenvalue weighted by Gasteiger charge is -2.37. The fourth-order valence-electron chi connectivity index (χ4n) is 2.06. The van der Waals surface area contributed by atoms with E-state index in [1.807, 2.05) is 18.9 Å². The Balaban J connectivity index is 2.60. The Hall–Kier alpha value is -0.570. The Kier molecular flexibility index (Phi) is 4.36. The summed E-state index contributed by atoms with van der Waals surface area (Å²) in [5.74, 6) is 0.413. The molecule has 1 fully saturated rings. The summed E-state index contributed by atoms with van der Waals surface area (Å²) in [7, 11) is 1.98. The first kappa shape index (κ1) is 13.5. The fourth-order valence-corrected chi connectivity index (χ4v) is 2.06. The summed E-state index contributed by atoms with van der Waals surface area (Å²) >= 11 is 0. The largest absolute Gasteiger partial charge is 0.341 e. The molecule has 0 aromatic rings. The van der Waals surface area contributed by atoms with E-state index >= 15 is 0 Å². The number of hydrogen-bond donors (Lipinski definition) is 1. The molecular weight excluding hydrogens is 200 g/mol. The van der Waals surface area contributed by atoms with Crippen LogP contribution in [0.1, 0.15) is 40.5 Å². The van der Waals surface area contributed by atoms with Gasteiger partial charge in [-0.3, -0.25) is 4.79 Å². The number of carbonyl (C=O) groups is 1. The molecule has 0 aliphatic carbocycles. The summed E-state index contributed by atoms with van der Waals surface area (Å²) in [5.41, 5.74) is 0.0592. The number of hydrogen-bond acceptors (Lipinski definition) is 2. The minimum absolute atomic E-state index is 0.0592. The molecule has 0 spiro atoms. The van der Waals surface area contributed by atoms with E-state index in [0.29, 0.717) is 11.9 Å². The van der Waals surface area contributed by atoms with Crippen molar-refractivity contribution in [2.24, 2.45) is 11.3 Å². The van der Waals surface area contributed by atoms with Crippen molar-refractivity contribution in [1.29, 1.82) is 0 Å². The summed E-state index contributed by atoms with van der Waals surface area (Å²) in [5, 5.41) is 3.27. The van der Waals surface area contributed by atoms with Crippen LogP contribution in [0, 0.1) is 11.3 Å². The highest BCUT2D eigenvalue weighted by atomic mass is 16.2. The van der Waals surface area contributed by atoms with Crippen molar-refractivity contribution in [1.82, 2.24) is 10.2 Å². The molecule has 94 valence electrons. The molecule has 2 atom stereocenters. The zero-order chi connectivity index (χ0) is 12.3. The van der Waals surface area contributed by atoms with E-state index in [9.17, 15) is 4.79 Å². The van der Waals surface area contributed by atoms with Crippen LogP contribution in [0.4, 0.5) is 0 Å². The number of rotatable bonds is 2. The summed E-state index contributed by atoms with van der Waals surface area (Å²) in [6.07, 6.45) is 2.30. The van der Waals surface area contributed by atoms with Crippen LogP contribution in [0.3, 0.4) is 0 Å². The van der Waals surface area contributed by atoms with Crippen LogP contribution in [-0.2, 0) is 4.79 Å². The second kappa shape index (κ2) is 5.17. The molecule has 3 nitrogen and oxygen atoms in total. The van der Waals surface area contributed by atoms with Gasteiger partial charge in [-0.1, -0.05) is 27.7 Å². The first-order chi connectivity index (χ1) is 7.36. The number of likely N-dealkylation sites (N-methyl/N-ethyl adjacent to an activating group) is 1. The monoisotopic (exact) mass is 226 g/mol. The van der Waals surface area contributed by atoms with Gasteiger partial charge in [0, 0.05) is 25.0 Å². The molecule has 0 saturated carbocycles. The minimum atomic E-state index is 0.0592. The molecule has 1 aliphatic rings. The van der Waals surface area contributed by atoms with E-state index < -0.39 is 0 Å². The third-order valence-corrected chi connectivity index (χ3v) is 3.81. The Bertz CT molecular complexity index is 245. The highest BCUT2D eigenvalue weighted by Crippen LogP contribution is 2.28. The van der Waals surface area contributed by atoms with Crippen molar-refractivity contribution in [3.63, 3.8) is 0 Å². The first-order valence-corrected chi connectivity index (χ1v) is 6.32. The van der Waals surface area contributed by atoms with Gasteiger partial charge in [0.15, 0.2) is 0 Å². The second-order valence-corrected chi connectivity index (χ2v) is 6.00. The molecule has 2 unspecified atom stereocenters. The molecule has 3 heteroatoms. The maximum Gasteiger partial charge on any atom is 0.225 e. The predicted molar refractivity (Wildman–Crippen MR) is 67.3 cm³/mol. The van der Waals surface area contributed by atoms with Crippen LogP contribution >= 0.6 is 0 Å². The van der Waals surface area contributed by atoms with E-state index in [1.54, 1.807) is 0 Å². The Morgan fingerprint density at radius 3 is 2.56 bits per heavy atom.